The van der Waals surface area contributed by atoms with Crippen molar-refractivity contribution in [1.29, 1.82) is 0 Å². The van der Waals surface area contributed by atoms with E-state index in [4.69, 9.17) is 0 Å². The molecule has 2 N–H and O–H groups in total. The number of hydrogen-bond acceptors (Lipinski definition) is 4. The number of aryl methyl sites for hydroxylation is 1. The molecule has 0 aliphatic heterocycles. The third-order valence-corrected chi connectivity index (χ3v) is 4.22. The van der Waals surface area contributed by atoms with Gasteiger partial charge in [0.05, 0.1) is 6.54 Å². The number of amides is 1. The molecule has 0 unspecified atom stereocenters. The number of carbonyl (C=O) groups excluding carboxylic acids is 1. The van der Waals surface area contributed by atoms with Gasteiger partial charge in [0.2, 0.25) is 0 Å². The van der Waals surface area contributed by atoms with Gasteiger partial charge in [-0.3, -0.25) is 4.79 Å². The highest BCUT2D eigenvalue weighted by atomic mass is 16.1. The van der Waals surface area contributed by atoms with Crippen molar-refractivity contribution in [3.8, 4) is 0 Å². The Balaban J connectivity index is 1.72. The Bertz CT molecular complexity index is 718. The first-order valence-electron chi connectivity index (χ1n) is 8.11. The van der Waals surface area contributed by atoms with E-state index in [0.29, 0.717) is 24.6 Å². The van der Waals surface area contributed by atoms with E-state index >= 15 is 0 Å². The van der Waals surface area contributed by atoms with Gasteiger partial charge in [0.15, 0.2) is 5.82 Å². The summed E-state index contributed by atoms with van der Waals surface area (Å²) in [6.45, 7) is 5.15. The molecule has 1 aliphatic carbocycles. The van der Waals surface area contributed by atoms with Gasteiger partial charge in [-0.2, -0.15) is 0 Å². The molecule has 122 valence electrons. The molecule has 3 rings (SSSR count). The summed E-state index contributed by atoms with van der Waals surface area (Å²) in [5.74, 6) is 2.53. The van der Waals surface area contributed by atoms with Crippen molar-refractivity contribution >= 4 is 11.6 Å². The van der Waals surface area contributed by atoms with E-state index in [1.54, 1.807) is 0 Å². The number of nitrogens with zero attached hydrogens (tertiary/aromatic N) is 3. The van der Waals surface area contributed by atoms with E-state index in [0.717, 1.165) is 22.9 Å². The number of benzene rings is 1. The van der Waals surface area contributed by atoms with Gasteiger partial charge >= 0.3 is 0 Å². The quantitative estimate of drug-likeness (QED) is 0.859. The van der Waals surface area contributed by atoms with Gasteiger partial charge in [-0.15, -0.1) is 10.2 Å². The third-order valence-electron chi connectivity index (χ3n) is 4.22. The van der Waals surface area contributed by atoms with Crippen LogP contribution in [0.1, 0.15) is 53.3 Å². The summed E-state index contributed by atoms with van der Waals surface area (Å²) in [6.07, 6.45) is 2.43. The highest BCUT2D eigenvalue weighted by molar-refractivity contribution is 5.95. The van der Waals surface area contributed by atoms with Gasteiger partial charge in [-0.05, 0) is 44.4 Å². The molecule has 0 saturated heterocycles. The third kappa shape index (κ3) is 3.36. The Morgan fingerprint density at radius 2 is 2.13 bits per heavy atom. The molecule has 1 amide bonds. The summed E-state index contributed by atoms with van der Waals surface area (Å²) >= 11 is 0. The van der Waals surface area contributed by atoms with Crippen molar-refractivity contribution < 1.29 is 4.79 Å². The maximum Gasteiger partial charge on any atom is 0.251 e. The number of anilines is 1. The largest absolute Gasteiger partial charge is 0.378 e. The van der Waals surface area contributed by atoms with Gasteiger partial charge in [0.25, 0.3) is 5.91 Å². The number of carbonyl (C=O) groups is 1. The SMILES string of the molecule is CCNC(=O)c1ccc(C)c(NCc2nnc(C3CC3)n2C)c1. The molecule has 0 bridgehead atoms. The average molecular weight is 313 g/mol. The topological polar surface area (TPSA) is 71.8 Å². The molecule has 1 saturated carbocycles. The van der Waals surface area contributed by atoms with Crippen molar-refractivity contribution in [1.82, 2.24) is 20.1 Å². The van der Waals surface area contributed by atoms with Crippen LogP contribution in [-0.4, -0.2) is 27.2 Å². The lowest BCUT2D eigenvalue weighted by Gasteiger charge is -2.11. The molecule has 1 aromatic heterocycles. The van der Waals surface area contributed by atoms with E-state index in [9.17, 15) is 4.79 Å². The Labute approximate surface area is 136 Å². The molecule has 6 heteroatoms. The van der Waals surface area contributed by atoms with Crippen molar-refractivity contribution in [2.45, 2.75) is 39.2 Å². The highest BCUT2D eigenvalue weighted by Gasteiger charge is 2.29. The van der Waals surface area contributed by atoms with Crippen LogP contribution in [0, 0.1) is 6.92 Å². The molecule has 6 nitrogen and oxygen atoms in total. The van der Waals surface area contributed by atoms with Gasteiger partial charge in [-0.25, -0.2) is 0 Å². The molecule has 1 aliphatic rings. The maximum atomic E-state index is 12.0. The zero-order valence-electron chi connectivity index (χ0n) is 13.9. The fraction of sp³-hybridized carbons (Fsp3) is 0.471. The fourth-order valence-electron chi connectivity index (χ4n) is 2.62. The van der Waals surface area contributed by atoms with Crippen molar-refractivity contribution in [3.05, 3.63) is 41.0 Å². The predicted molar refractivity (Wildman–Crippen MR) is 89.5 cm³/mol. The van der Waals surface area contributed by atoms with E-state index in [2.05, 4.69) is 25.4 Å². The van der Waals surface area contributed by atoms with Crippen LogP contribution >= 0.6 is 0 Å². The van der Waals surface area contributed by atoms with Crippen LogP contribution in [0.4, 0.5) is 5.69 Å². The normalized spacial score (nSPS) is 13.9. The first kappa shape index (κ1) is 15.5. The minimum atomic E-state index is -0.0507. The average Bonchev–Trinajstić information content (AvgIpc) is 3.31. The number of nitrogens with one attached hydrogen (secondary N) is 2. The smallest absolute Gasteiger partial charge is 0.251 e. The summed E-state index contributed by atoms with van der Waals surface area (Å²) in [6, 6.07) is 5.69. The van der Waals surface area contributed by atoms with E-state index in [1.165, 1.54) is 12.8 Å². The lowest BCUT2D eigenvalue weighted by molar-refractivity contribution is 0.0956. The van der Waals surface area contributed by atoms with Crippen molar-refractivity contribution in [2.75, 3.05) is 11.9 Å². The molecule has 23 heavy (non-hydrogen) atoms. The molecule has 0 spiro atoms. The summed E-state index contributed by atoms with van der Waals surface area (Å²) in [5.41, 5.74) is 2.71. The summed E-state index contributed by atoms with van der Waals surface area (Å²) in [7, 11) is 2.02. The van der Waals surface area contributed by atoms with Gasteiger partial charge < -0.3 is 15.2 Å². The van der Waals surface area contributed by atoms with Crippen LogP contribution in [0.3, 0.4) is 0 Å². The van der Waals surface area contributed by atoms with Crippen LogP contribution in [0.25, 0.3) is 0 Å². The molecule has 1 aromatic carbocycles. The lowest BCUT2D eigenvalue weighted by atomic mass is 10.1. The predicted octanol–water partition coefficient (Wildman–Crippen LogP) is 2.36. The highest BCUT2D eigenvalue weighted by Crippen LogP contribution is 2.38. The zero-order valence-corrected chi connectivity index (χ0v) is 13.9. The molecule has 2 aromatic rings. The van der Waals surface area contributed by atoms with Gasteiger partial charge in [0, 0.05) is 30.8 Å². The minimum Gasteiger partial charge on any atom is -0.378 e. The second kappa shape index (κ2) is 6.40. The van der Waals surface area contributed by atoms with Crippen LogP contribution in [0.5, 0.6) is 0 Å². The molecular formula is C17H23N5O. The van der Waals surface area contributed by atoms with E-state index in [-0.39, 0.29) is 5.91 Å². The van der Waals surface area contributed by atoms with Crippen molar-refractivity contribution in [2.24, 2.45) is 7.05 Å². The molecule has 0 radical (unpaired) electrons. The first-order chi connectivity index (χ1) is 11.1. The lowest BCUT2D eigenvalue weighted by Crippen LogP contribution is -2.22. The number of aromatic nitrogens is 3. The standard InChI is InChI=1S/C17H23N5O/c1-4-18-17(23)13-6-5-11(2)14(9-13)19-10-15-20-21-16(22(15)3)12-7-8-12/h5-6,9,12,19H,4,7-8,10H2,1-3H3,(H,18,23). The van der Waals surface area contributed by atoms with E-state index in [1.807, 2.05) is 39.1 Å². The monoisotopic (exact) mass is 313 g/mol. The minimum absolute atomic E-state index is 0.0507. The van der Waals surface area contributed by atoms with Crippen LogP contribution < -0.4 is 10.6 Å². The Hall–Kier alpha value is -2.37. The fourth-order valence-corrected chi connectivity index (χ4v) is 2.62. The molecule has 1 fully saturated rings. The Morgan fingerprint density at radius 3 is 2.83 bits per heavy atom. The molecule has 1 heterocycles. The zero-order chi connectivity index (χ0) is 16.4. The van der Waals surface area contributed by atoms with E-state index < -0.39 is 0 Å². The second-order valence-corrected chi connectivity index (χ2v) is 6.05. The Morgan fingerprint density at radius 1 is 1.35 bits per heavy atom. The van der Waals surface area contributed by atoms with Gasteiger partial charge in [0.1, 0.15) is 5.82 Å². The summed E-state index contributed by atoms with van der Waals surface area (Å²) < 4.78 is 2.08. The van der Waals surface area contributed by atoms with Crippen molar-refractivity contribution in [3.63, 3.8) is 0 Å². The van der Waals surface area contributed by atoms with Gasteiger partial charge in [-0.1, -0.05) is 6.07 Å². The molecule has 0 atom stereocenters. The first-order valence-corrected chi connectivity index (χ1v) is 8.11. The van der Waals surface area contributed by atoms with Crippen LogP contribution in [-0.2, 0) is 13.6 Å². The number of rotatable bonds is 6. The van der Waals surface area contributed by atoms with Crippen LogP contribution in [0.15, 0.2) is 18.2 Å². The molecular weight excluding hydrogens is 290 g/mol. The Kier molecular flexibility index (Phi) is 4.32. The number of hydrogen-bond donors (Lipinski definition) is 2. The second-order valence-electron chi connectivity index (χ2n) is 6.05. The summed E-state index contributed by atoms with van der Waals surface area (Å²) in [4.78, 5) is 12.0. The van der Waals surface area contributed by atoms with Crippen LogP contribution in [0.2, 0.25) is 0 Å². The summed E-state index contributed by atoms with van der Waals surface area (Å²) in [5, 5.41) is 14.8. The maximum absolute atomic E-state index is 12.0.